The lowest BCUT2D eigenvalue weighted by molar-refractivity contribution is 0.0979. The van der Waals surface area contributed by atoms with Crippen LogP contribution in [0.2, 0.25) is 0 Å². The maximum atomic E-state index is 13.2. The van der Waals surface area contributed by atoms with Crippen LogP contribution in [-0.4, -0.2) is 16.8 Å². The first-order valence-corrected chi connectivity index (χ1v) is 8.15. The Balaban J connectivity index is 1.76. The number of anilines is 3. The number of nitrogens with zero attached hydrogens (tertiary/aromatic N) is 2. The molecule has 3 N–H and O–H groups in total. The second kappa shape index (κ2) is 6.33. The molecule has 0 unspecified atom stereocenters. The number of hydrogen-bond acceptors (Lipinski definition) is 4. The van der Waals surface area contributed by atoms with E-state index < -0.39 is 5.91 Å². The van der Waals surface area contributed by atoms with Crippen LogP contribution in [0.1, 0.15) is 26.3 Å². The molecule has 0 saturated heterocycles. The molecule has 26 heavy (non-hydrogen) atoms. The lowest BCUT2D eigenvalue weighted by Gasteiger charge is -2.22. The highest BCUT2D eigenvalue weighted by Crippen LogP contribution is 2.35. The molecule has 4 rings (SSSR count). The van der Waals surface area contributed by atoms with Gasteiger partial charge in [0.2, 0.25) is 5.91 Å². The molecule has 0 atom stereocenters. The monoisotopic (exact) mass is 344 g/mol. The van der Waals surface area contributed by atoms with Crippen molar-refractivity contribution in [3.05, 3.63) is 83.6 Å². The second-order valence-electron chi connectivity index (χ2n) is 5.99. The molecule has 2 amide bonds. The number of aromatic nitrogens is 1. The Morgan fingerprint density at radius 2 is 1.69 bits per heavy atom. The van der Waals surface area contributed by atoms with Crippen LogP contribution in [0.25, 0.3) is 0 Å². The van der Waals surface area contributed by atoms with Gasteiger partial charge in [-0.2, -0.15) is 0 Å². The summed E-state index contributed by atoms with van der Waals surface area (Å²) >= 11 is 0. The highest BCUT2D eigenvalue weighted by atomic mass is 16.2. The Morgan fingerprint density at radius 1 is 0.962 bits per heavy atom. The van der Waals surface area contributed by atoms with Gasteiger partial charge in [0.05, 0.1) is 17.9 Å². The van der Waals surface area contributed by atoms with E-state index in [4.69, 9.17) is 5.73 Å². The molecule has 2 heterocycles. The van der Waals surface area contributed by atoms with Crippen LogP contribution in [-0.2, 0) is 6.54 Å². The number of primary amides is 1. The topological polar surface area (TPSA) is 88.3 Å². The highest BCUT2D eigenvalue weighted by molar-refractivity contribution is 6.08. The smallest absolute Gasteiger partial charge is 0.258 e. The zero-order valence-electron chi connectivity index (χ0n) is 13.8. The summed E-state index contributed by atoms with van der Waals surface area (Å²) in [6, 6.07) is 17.8. The molecular formula is C20H16N4O2. The van der Waals surface area contributed by atoms with Crippen molar-refractivity contribution < 1.29 is 9.59 Å². The summed E-state index contributed by atoms with van der Waals surface area (Å²) < 4.78 is 0. The fourth-order valence-electron chi connectivity index (χ4n) is 2.99. The number of carbonyl (C=O) groups is 2. The van der Waals surface area contributed by atoms with Crippen molar-refractivity contribution in [3.63, 3.8) is 0 Å². The number of pyridine rings is 1. The lowest BCUT2D eigenvalue weighted by Crippen LogP contribution is -2.30. The van der Waals surface area contributed by atoms with Crippen molar-refractivity contribution in [1.82, 2.24) is 4.98 Å². The SMILES string of the molecule is NC(=O)c1ccc(C(=O)N2Cc3cccnc3Nc3ccccc32)cc1. The Labute approximate surface area is 150 Å². The highest BCUT2D eigenvalue weighted by Gasteiger charge is 2.25. The van der Waals surface area contributed by atoms with Crippen LogP contribution < -0.4 is 16.0 Å². The van der Waals surface area contributed by atoms with Gasteiger partial charge in [-0.1, -0.05) is 18.2 Å². The van der Waals surface area contributed by atoms with Crippen molar-refractivity contribution in [2.45, 2.75) is 6.54 Å². The van der Waals surface area contributed by atoms with Gasteiger partial charge in [-0.3, -0.25) is 9.59 Å². The van der Waals surface area contributed by atoms with E-state index in [2.05, 4.69) is 10.3 Å². The van der Waals surface area contributed by atoms with Gasteiger partial charge < -0.3 is 16.0 Å². The first-order chi connectivity index (χ1) is 12.6. The number of para-hydroxylation sites is 2. The molecule has 1 aromatic heterocycles. The van der Waals surface area contributed by atoms with Crippen molar-refractivity contribution in [2.75, 3.05) is 10.2 Å². The average Bonchev–Trinajstić information content (AvgIpc) is 2.84. The van der Waals surface area contributed by atoms with Gasteiger partial charge in [-0.05, 0) is 42.5 Å². The molecule has 1 aliphatic rings. The predicted octanol–water partition coefficient (Wildman–Crippen LogP) is 3.08. The van der Waals surface area contributed by atoms with E-state index >= 15 is 0 Å². The van der Waals surface area contributed by atoms with Gasteiger partial charge in [-0.15, -0.1) is 0 Å². The van der Waals surface area contributed by atoms with E-state index in [0.29, 0.717) is 17.7 Å². The summed E-state index contributed by atoms with van der Waals surface area (Å²) in [4.78, 5) is 30.5. The fourth-order valence-corrected chi connectivity index (χ4v) is 2.99. The van der Waals surface area contributed by atoms with Crippen LogP contribution in [0, 0.1) is 0 Å². The molecule has 6 heteroatoms. The van der Waals surface area contributed by atoms with Crippen LogP contribution in [0.15, 0.2) is 66.9 Å². The lowest BCUT2D eigenvalue weighted by atomic mass is 10.1. The van der Waals surface area contributed by atoms with E-state index in [1.54, 1.807) is 35.4 Å². The van der Waals surface area contributed by atoms with Gasteiger partial charge in [0.1, 0.15) is 5.82 Å². The number of nitrogens with two attached hydrogens (primary N) is 1. The largest absolute Gasteiger partial charge is 0.366 e. The number of carbonyl (C=O) groups excluding carboxylic acids is 2. The molecule has 128 valence electrons. The number of amides is 2. The normalized spacial score (nSPS) is 12.4. The minimum atomic E-state index is -0.520. The Hall–Kier alpha value is -3.67. The van der Waals surface area contributed by atoms with Gasteiger partial charge in [0.15, 0.2) is 0 Å². The number of rotatable bonds is 2. The molecule has 3 aromatic rings. The third kappa shape index (κ3) is 2.77. The number of benzene rings is 2. The molecule has 0 spiro atoms. The number of fused-ring (bicyclic) bond motifs is 2. The minimum Gasteiger partial charge on any atom is -0.366 e. The van der Waals surface area contributed by atoms with Gasteiger partial charge in [0, 0.05) is 22.9 Å². The number of nitrogens with one attached hydrogen (secondary N) is 1. The molecule has 0 radical (unpaired) electrons. The zero-order chi connectivity index (χ0) is 18.1. The van der Waals surface area contributed by atoms with E-state index in [9.17, 15) is 9.59 Å². The Bertz CT molecular complexity index is 999. The van der Waals surface area contributed by atoms with E-state index in [1.807, 2.05) is 36.4 Å². The second-order valence-corrected chi connectivity index (χ2v) is 5.99. The summed E-state index contributed by atoms with van der Waals surface area (Å²) in [7, 11) is 0. The molecule has 6 nitrogen and oxygen atoms in total. The Kier molecular flexibility index (Phi) is 3.85. The minimum absolute atomic E-state index is 0.160. The zero-order valence-corrected chi connectivity index (χ0v) is 13.8. The van der Waals surface area contributed by atoms with Crippen molar-refractivity contribution >= 4 is 29.0 Å². The standard InChI is InChI=1S/C20H16N4O2/c21-18(25)13-7-9-14(10-8-13)20(26)24-12-15-4-3-11-22-19(15)23-16-5-1-2-6-17(16)24/h1-11H,12H2,(H2,21,25)(H,22,23). The summed E-state index contributed by atoms with van der Waals surface area (Å²) in [5.41, 5.74) is 8.63. The maximum Gasteiger partial charge on any atom is 0.258 e. The van der Waals surface area contributed by atoms with Crippen LogP contribution in [0.3, 0.4) is 0 Å². The molecule has 1 aliphatic heterocycles. The van der Waals surface area contributed by atoms with E-state index in [0.717, 1.165) is 22.8 Å². The molecule has 0 fully saturated rings. The van der Waals surface area contributed by atoms with Gasteiger partial charge in [0.25, 0.3) is 5.91 Å². The molecule has 0 saturated carbocycles. The van der Waals surface area contributed by atoms with Crippen molar-refractivity contribution in [2.24, 2.45) is 5.73 Å². The van der Waals surface area contributed by atoms with Crippen molar-refractivity contribution in [3.8, 4) is 0 Å². The molecule has 0 bridgehead atoms. The third-order valence-electron chi connectivity index (χ3n) is 4.33. The Morgan fingerprint density at radius 3 is 2.46 bits per heavy atom. The number of hydrogen-bond donors (Lipinski definition) is 2. The van der Waals surface area contributed by atoms with Crippen LogP contribution >= 0.6 is 0 Å². The first-order valence-electron chi connectivity index (χ1n) is 8.15. The first kappa shape index (κ1) is 15.8. The molecule has 0 aliphatic carbocycles. The van der Waals surface area contributed by atoms with E-state index in [1.165, 1.54) is 0 Å². The van der Waals surface area contributed by atoms with E-state index in [-0.39, 0.29) is 5.91 Å². The molecular weight excluding hydrogens is 328 g/mol. The third-order valence-corrected chi connectivity index (χ3v) is 4.33. The summed E-state index contributed by atoms with van der Waals surface area (Å²) in [5, 5.41) is 3.30. The van der Waals surface area contributed by atoms with Crippen LogP contribution in [0.5, 0.6) is 0 Å². The van der Waals surface area contributed by atoms with Gasteiger partial charge >= 0.3 is 0 Å². The summed E-state index contributed by atoms with van der Waals surface area (Å²) in [6.07, 6.45) is 1.72. The quantitative estimate of drug-likeness (QED) is 0.748. The van der Waals surface area contributed by atoms with Gasteiger partial charge in [-0.25, -0.2) is 4.98 Å². The average molecular weight is 344 g/mol. The summed E-state index contributed by atoms with van der Waals surface area (Å²) in [5.74, 6) is 0.0552. The maximum absolute atomic E-state index is 13.2. The molecule has 2 aromatic carbocycles. The summed E-state index contributed by atoms with van der Waals surface area (Å²) in [6.45, 7) is 0.392. The van der Waals surface area contributed by atoms with Crippen LogP contribution in [0.4, 0.5) is 17.2 Å². The predicted molar refractivity (Wildman–Crippen MR) is 99.4 cm³/mol. The van der Waals surface area contributed by atoms with Crippen molar-refractivity contribution in [1.29, 1.82) is 0 Å². The fraction of sp³-hybridized carbons (Fsp3) is 0.0500.